The second-order valence-corrected chi connectivity index (χ2v) is 8.17. The standard InChI is InChI=1S/C23H35N5O3.HI/c1-4-24-22(26-17-23(2,29)20-14-27-28(3)15-20)25-13-18-6-5-7-19(12-18)16-31-21-8-10-30-11-9-21;/h5-7,12,14-15,21,29H,4,8-11,13,16-17H2,1-3H3,(H2,24,25,26);1H. The van der Waals surface area contributed by atoms with Gasteiger partial charge in [0.1, 0.15) is 5.60 Å². The van der Waals surface area contributed by atoms with Gasteiger partial charge in [-0.3, -0.25) is 4.68 Å². The first-order valence-corrected chi connectivity index (χ1v) is 11.0. The molecule has 2 aromatic rings. The van der Waals surface area contributed by atoms with Gasteiger partial charge in [-0.2, -0.15) is 5.10 Å². The molecule has 0 bridgehead atoms. The number of aryl methyl sites for hydroxylation is 1. The average Bonchev–Trinajstić information content (AvgIpc) is 3.23. The summed E-state index contributed by atoms with van der Waals surface area (Å²) in [6, 6.07) is 8.33. The number of nitrogens with zero attached hydrogens (tertiary/aromatic N) is 3. The molecule has 1 aromatic carbocycles. The Bertz CT molecular complexity index is 850. The van der Waals surface area contributed by atoms with Crippen molar-refractivity contribution < 1.29 is 14.6 Å². The van der Waals surface area contributed by atoms with Crippen molar-refractivity contribution in [3.05, 3.63) is 53.3 Å². The van der Waals surface area contributed by atoms with Crippen LogP contribution in [-0.2, 0) is 35.3 Å². The van der Waals surface area contributed by atoms with E-state index in [2.05, 4.69) is 38.9 Å². The van der Waals surface area contributed by atoms with E-state index in [1.54, 1.807) is 17.8 Å². The van der Waals surface area contributed by atoms with Crippen LogP contribution in [0.25, 0.3) is 0 Å². The molecule has 3 rings (SSSR count). The van der Waals surface area contributed by atoms with Crippen molar-refractivity contribution >= 4 is 29.9 Å². The van der Waals surface area contributed by atoms with E-state index in [0.717, 1.165) is 49.3 Å². The van der Waals surface area contributed by atoms with Crippen LogP contribution in [0.1, 0.15) is 43.4 Å². The van der Waals surface area contributed by atoms with E-state index >= 15 is 0 Å². The minimum atomic E-state index is -1.05. The fraction of sp³-hybridized carbons (Fsp3) is 0.565. The zero-order valence-corrected chi connectivity index (χ0v) is 21.5. The van der Waals surface area contributed by atoms with Gasteiger partial charge in [0.15, 0.2) is 5.96 Å². The number of rotatable bonds is 9. The molecule has 3 N–H and O–H groups in total. The van der Waals surface area contributed by atoms with Crippen LogP contribution in [0.4, 0.5) is 0 Å². The molecule has 9 heteroatoms. The fourth-order valence-electron chi connectivity index (χ4n) is 3.44. The van der Waals surface area contributed by atoms with E-state index in [0.29, 0.717) is 25.7 Å². The highest BCUT2D eigenvalue weighted by atomic mass is 127. The van der Waals surface area contributed by atoms with E-state index in [1.165, 1.54) is 0 Å². The smallest absolute Gasteiger partial charge is 0.191 e. The molecule has 1 aliphatic heterocycles. The summed E-state index contributed by atoms with van der Waals surface area (Å²) in [7, 11) is 1.83. The van der Waals surface area contributed by atoms with E-state index in [1.807, 2.05) is 26.2 Å². The Morgan fingerprint density at radius 2 is 2.06 bits per heavy atom. The van der Waals surface area contributed by atoms with Crippen LogP contribution in [-0.4, -0.2) is 53.3 Å². The summed E-state index contributed by atoms with van der Waals surface area (Å²) in [5.74, 6) is 0.663. The van der Waals surface area contributed by atoms with Crippen LogP contribution in [0.3, 0.4) is 0 Å². The summed E-state index contributed by atoms with van der Waals surface area (Å²) in [6.45, 7) is 7.56. The first-order valence-electron chi connectivity index (χ1n) is 11.0. The Morgan fingerprint density at radius 1 is 1.31 bits per heavy atom. The topological polar surface area (TPSA) is 92.9 Å². The third kappa shape index (κ3) is 8.34. The van der Waals surface area contributed by atoms with Crippen molar-refractivity contribution in [2.75, 3.05) is 26.3 Å². The van der Waals surface area contributed by atoms with Gasteiger partial charge in [0.2, 0.25) is 0 Å². The molecule has 1 atom stereocenters. The highest BCUT2D eigenvalue weighted by Crippen LogP contribution is 2.18. The van der Waals surface area contributed by atoms with E-state index in [4.69, 9.17) is 9.47 Å². The maximum Gasteiger partial charge on any atom is 0.191 e. The van der Waals surface area contributed by atoms with Crippen molar-refractivity contribution in [2.24, 2.45) is 12.0 Å². The summed E-state index contributed by atoms with van der Waals surface area (Å²) in [5.41, 5.74) is 1.97. The molecular weight excluding hydrogens is 521 g/mol. The summed E-state index contributed by atoms with van der Waals surface area (Å²) < 4.78 is 13.1. The van der Waals surface area contributed by atoms with Crippen LogP contribution in [0.2, 0.25) is 0 Å². The minimum Gasteiger partial charge on any atom is -0.383 e. The summed E-state index contributed by atoms with van der Waals surface area (Å²) in [4.78, 5) is 4.68. The van der Waals surface area contributed by atoms with Crippen molar-refractivity contribution in [1.82, 2.24) is 20.4 Å². The molecular formula is C23H36IN5O3. The molecule has 2 heterocycles. The number of benzene rings is 1. The highest BCUT2D eigenvalue weighted by molar-refractivity contribution is 14.0. The van der Waals surface area contributed by atoms with Crippen molar-refractivity contribution in [2.45, 2.75) is 51.5 Å². The maximum absolute atomic E-state index is 10.8. The zero-order valence-electron chi connectivity index (χ0n) is 19.2. The molecule has 1 aliphatic rings. The minimum absolute atomic E-state index is 0. The Kier molecular flexibility index (Phi) is 10.9. The molecule has 1 saturated heterocycles. The van der Waals surface area contributed by atoms with E-state index < -0.39 is 5.60 Å². The predicted molar refractivity (Wildman–Crippen MR) is 136 cm³/mol. The normalized spacial score (nSPS) is 16.8. The van der Waals surface area contributed by atoms with Crippen molar-refractivity contribution in [1.29, 1.82) is 0 Å². The van der Waals surface area contributed by atoms with Gasteiger partial charge in [0.25, 0.3) is 0 Å². The third-order valence-electron chi connectivity index (χ3n) is 5.34. The van der Waals surface area contributed by atoms with Gasteiger partial charge >= 0.3 is 0 Å². The lowest BCUT2D eigenvalue weighted by Gasteiger charge is -2.23. The molecule has 1 fully saturated rings. The van der Waals surface area contributed by atoms with Gasteiger partial charge in [0.05, 0.1) is 32.0 Å². The number of aliphatic hydroxyl groups is 1. The summed E-state index contributed by atoms with van der Waals surface area (Å²) >= 11 is 0. The first kappa shape index (κ1) is 26.6. The number of halogens is 1. The lowest BCUT2D eigenvalue weighted by atomic mass is 10.00. The number of hydrogen-bond acceptors (Lipinski definition) is 5. The monoisotopic (exact) mass is 557 g/mol. The van der Waals surface area contributed by atoms with Gasteiger partial charge < -0.3 is 25.2 Å². The Morgan fingerprint density at radius 3 is 2.75 bits per heavy atom. The van der Waals surface area contributed by atoms with Crippen LogP contribution < -0.4 is 10.6 Å². The van der Waals surface area contributed by atoms with Crippen LogP contribution >= 0.6 is 24.0 Å². The second-order valence-electron chi connectivity index (χ2n) is 8.17. The second kappa shape index (κ2) is 13.1. The molecule has 0 saturated carbocycles. The van der Waals surface area contributed by atoms with Gasteiger partial charge in [-0.15, -0.1) is 24.0 Å². The molecule has 0 aliphatic carbocycles. The SMILES string of the molecule is CCNC(=NCc1cccc(COC2CCOCC2)c1)NCC(C)(O)c1cnn(C)c1.I. The predicted octanol–water partition coefficient (Wildman–Crippen LogP) is 2.70. The lowest BCUT2D eigenvalue weighted by molar-refractivity contribution is -0.0390. The maximum atomic E-state index is 10.8. The van der Waals surface area contributed by atoms with Gasteiger partial charge in [-0.05, 0) is 37.8 Å². The molecule has 0 amide bonds. The van der Waals surface area contributed by atoms with Gasteiger partial charge in [0, 0.05) is 38.6 Å². The first-order chi connectivity index (χ1) is 15.0. The van der Waals surface area contributed by atoms with Gasteiger partial charge in [-0.1, -0.05) is 24.3 Å². The van der Waals surface area contributed by atoms with Crippen LogP contribution in [0.5, 0.6) is 0 Å². The quantitative estimate of drug-likeness (QED) is 0.250. The Balaban J connectivity index is 0.00000363. The summed E-state index contributed by atoms with van der Waals surface area (Å²) in [6.07, 6.45) is 5.71. The molecule has 0 radical (unpaired) electrons. The van der Waals surface area contributed by atoms with Crippen molar-refractivity contribution in [3.8, 4) is 0 Å². The Labute approximate surface area is 207 Å². The molecule has 8 nitrogen and oxygen atoms in total. The molecule has 1 aromatic heterocycles. The number of aromatic nitrogens is 2. The lowest BCUT2D eigenvalue weighted by Crippen LogP contribution is -2.44. The average molecular weight is 557 g/mol. The third-order valence-corrected chi connectivity index (χ3v) is 5.34. The number of guanidine groups is 1. The molecule has 1 unspecified atom stereocenters. The number of aliphatic imine (C=N–C) groups is 1. The molecule has 32 heavy (non-hydrogen) atoms. The van der Waals surface area contributed by atoms with E-state index in [9.17, 15) is 5.11 Å². The van der Waals surface area contributed by atoms with Crippen molar-refractivity contribution in [3.63, 3.8) is 0 Å². The largest absolute Gasteiger partial charge is 0.383 e. The Hall–Kier alpha value is -1.69. The van der Waals surface area contributed by atoms with Crippen LogP contribution in [0, 0.1) is 0 Å². The highest BCUT2D eigenvalue weighted by Gasteiger charge is 2.25. The molecule has 0 spiro atoms. The van der Waals surface area contributed by atoms with Gasteiger partial charge in [-0.25, -0.2) is 4.99 Å². The zero-order chi connectivity index (χ0) is 22.1. The fourth-order valence-corrected chi connectivity index (χ4v) is 3.44. The number of ether oxygens (including phenoxy) is 2. The van der Waals surface area contributed by atoms with Crippen LogP contribution in [0.15, 0.2) is 41.7 Å². The number of hydrogen-bond donors (Lipinski definition) is 3. The van der Waals surface area contributed by atoms with E-state index in [-0.39, 0.29) is 30.1 Å². The summed E-state index contributed by atoms with van der Waals surface area (Å²) in [5, 5.41) is 21.4. The number of nitrogens with one attached hydrogen (secondary N) is 2. The molecule has 178 valence electrons.